The molecule has 0 atom stereocenters. The van der Waals surface area contributed by atoms with Gasteiger partial charge in [0.2, 0.25) is 10.0 Å². The van der Waals surface area contributed by atoms with Crippen LogP contribution >= 0.6 is 0 Å². The van der Waals surface area contributed by atoms with Gasteiger partial charge in [-0.1, -0.05) is 25.0 Å². The fraction of sp³-hybridized carbons (Fsp3) is 0.600. The van der Waals surface area contributed by atoms with Crippen LogP contribution in [0.25, 0.3) is 0 Å². The molecule has 0 aliphatic heterocycles. The first kappa shape index (κ1) is 16.4. The molecular weight excluding hydrogens is 288 g/mol. The van der Waals surface area contributed by atoms with Gasteiger partial charge in [-0.05, 0) is 37.6 Å². The number of benzene rings is 1. The summed E-state index contributed by atoms with van der Waals surface area (Å²) < 4.78 is 32.7. The quantitative estimate of drug-likeness (QED) is 0.716. The van der Waals surface area contributed by atoms with Crippen LogP contribution in [0.5, 0.6) is 0 Å². The molecule has 0 heterocycles. The van der Waals surface area contributed by atoms with E-state index in [1.54, 1.807) is 18.2 Å². The van der Waals surface area contributed by atoms with Crippen LogP contribution in [0.2, 0.25) is 0 Å². The van der Waals surface area contributed by atoms with E-state index >= 15 is 0 Å². The first-order valence-electron chi connectivity index (χ1n) is 7.46. The second-order valence-corrected chi connectivity index (χ2v) is 7.12. The molecule has 0 spiro atoms. The van der Waals surface area contributed by atoms with Crippen LogP contribution in [0.3, 0.4) is 0 Å². The van der Waals surface area contributed by atoms with Crippen LogP contribution in [0.15, 0.2) is 29.2 Å². The van der Waals surface area contributed by atoms with Gasteiger partial charge in [-0.3, -0.25) is 0 Å². The first-order chi connectivity index (χ1) is 10.1. The zero-order valence-corrected chi connectivity index (χ0v) is 13.3. The van der Waals surface area contributed by atoms with E-state index in [1.165, 1.54) is 12.8 Å². The van der Waals surface area contributed by atoms with Crippen LogP contribution in [-0.4, -0.2) is 34.7 Å². The molecule has 1 aliphatic rings. The first-order valence-corrected chi connectivity index (χ1v) is 8.95. The molecule has 5 nitrogen and oxygen atoms in total. The third-order valence-electron chi connectivity index (χ3n) is 3.64. The minimum Gasteiger partial charge on any atom is -0.377 e. The predicted octanol–water partition coefficient (Wildman–Crippen LogP) is 1.64. The van der Waals surface area contributed by atoms with Crippen molar-refractivity contribution in [3.63, 3.8) is 0 Å². The number of hydrogen-bond donors (Lipinski definition) is 2. The molecule has 118 valence electrons. The van der Waals surface area contributed by atoms with Crippen molar-refractivity contribution in [1.29, 1.82) is 0 Å². The summed E-state index contributed by atoms with van der Waals surface area (Å²) in [6, 6.07) is 6.96. The lowest BCUT2D eigenvalue weighted by atomic mass is 10.2. The summed E-state index contributed by atoms with van der Waals surface area (Å²) in [7, 11) is -1.62. The second-order valence-electron chi connectivity index (χ2n) is 5.35. The van der Waals surface area contributed by atoms with E-state index in [2.05, 4.69) is 10.0 Å². The van der Waals surface area contributed by atoms with Gasteiger partial charge in [-0.15, -0.1) is 0 Å². The Labute approximate surface area is 127 Å². The van der Waals surface area contributed by atoms with Gasteiger partial charge < -0.3 is 10.1 Å². The number of rotatable bonds is 8. The SMILES string of the molecule is CNCc1cccc(S(=O)(=O)NCCOC2CCCC2)c1. The number of ether oxygens (including phenoxy) is 1. The molecule has 2 rings (SSSR count). The average Bonchev–Trinajstić information content (AvgIpc) is 2.98. The smallest absolute Gasteiger partial charge is 0.240 e. The molecule has 2 N–H and O–H groups in total. The van der Waals surface area contributed by atoms with Crippen LogP contribution in [0.4, 0.5) is 0 Å². The van der Waals surface area contributed by atoms with Crippen molar-refractivity contribution in [2.45, 2.75) is 43.2 Å². The van der Waals surface area contributed by atoms with Gasteiger partial charge in [0.1, 0.15) is 0 Å². The monoisotopic (exact) mass is 312 g/mol. The fourth-order valence-electron chi connectivity index (χ4n) is 2.57. The highest BCUT2D eigenvalue weighted by Gasteiger charge is 2.16. The third-order valence-corrected chi connectivity index (χ3v) is 5.10. The van der Waals surface area contributed by atoms with Crippen molar-refractivity contribution in [2.24, 2.45) is 0 Å². The number of nitrogens with one attached hydrogen (secondary N) is 2. The molecule has 6 heteroatoms. The topological polar surface area (TPSA) is 67.4 Å². The lowest BCUT2D eigenvalue weighted by Gasteiger charge is -2.12. The van der Waals surface area contributed by atoms with Crippen molar-refractivity contribution in [1.82, 2.24) is 10.0 Å². The Morgan fingerprint density at radius 3 is 2.76 bits per heavy atom. The lowest BCUT2D eigenvalue weighted by Crippen LogP contribution is -2.28. The average molecular weight is 312 g/mol. The van der Waals surface area contributed by atoms with Crippen molar-refractivity contribution in [3.8, 4) is 0 Å². The molecule has 0 aromatic heterocycles. The van der Waals surface area contributed by atoms with E-state index in [-0.39, 0.29) is 0 Å². The molecule has 1 fully saturated rings. The Bertz CT molecular complexity index is 540. The summed E-state index contributed by atoms with van der Waals surface area (Å²) in [6.07, 6.45) is 4.94. The van der Waals surface area contributed by atoms with Crippen molar-refractivity contribution in [2.75, 3.05) is 20.2 Å². The maximum Gasteiger partial charge on any atom is 0.240 e. The Morgan fingerprint density at radius 2 is 2.05 bits per heavy atom. The Kier molecular flexibility index (Phi) is 6.17. The molecule has 1 saturated carbocycles. The molecule has 1 aliphatic carbocycles. The van der Waals surface area contributed by atoms with Gasteiger partial charge in [0.15, 0.2) is 0 Å². The van der Waals surface area contributed by atoms with Gasteiger partial charge in [-0.2, -0.15) is 0 Å². The third kappa shape index (κ3) is 5.07. The summed E-state index contributed by atoms with van der Waals surface area (Å²) >= 11 is 0. The molecule has 0 amide bonds. The predicted molar refractivity (Wildman–Crippen MR) is 82.6 cm³/mol. The Balaban J connectivity index is 1.84. The summed E-state index contributed by atoms with van der Waals surface area (Å²) in [4.78, 5) is 0.302. The van der Waals surface area contributed by atoms with Crippen LogP contribution < -0.4 is 10.0 Å². The van der Waals surface area contributed by atoms with Crippen LogP contribution in [0.1, 0.15) is 31.2 Å². The van der Waals surface area contributed by atoms with E-state index in [1.807, 2.05) is 13.1 Å². The van der Waals surface area contributed by atoms with E-state index in [4.69, 9.17) is 4.74 Å². The molecular formula is C15H24N2O3S. The van der Waals surface area contributed by atoms with E-state index in [0.29, 0.717) is 30.7 Å². The normalized spacial score (nSPS) is 16.4. The Morgan fingerprint density at radius 1 is 1.29 bits per heavy atom. The highest BCUT2D eigenvalue weighted by molar-refractivity contribution is 7.89. The lowest BCUT2D eigenvalue weighted by molar-refractivity contribution is 0.0626. The van der Waals surface area contributed by atoms with Gasteiger partial charge in [0.05, 0.1) is 17.6 Å². The summed E-state index contributed by atoms with van der Waals surface area (Å²) in [5, 5.41) is 3.01. The second kappa shape index (κ2) is 7.89. The van der Waals surface area contributed by atoms with E-state index in [0.717, 1.165) is 18.4 Å². The minimum absolute atomic E-state index is 0.302. The van der Waals surface area contributed by atoms with Gasteiger partial charge >= 0.3 is 0 Å². The molecule has 0 radical (unpaired) electrons. The molecule has 0 bridgehead atoms. The summed E-state index contributed by atoms with van der Waals surface area (Å²) in [5.74, 6) is 0. The minimum atomic E-state index is -3.45. The highest BCUT2D eigenvalue weighted by atomic mass is 32.2. The molecule has 0 unspecified atom stereocenters. The fourth-order valence-corrected chi connectivity index (χ4v) is 3.65. The molecule has 0 saturated heterocycles. The zero-order chi connectivity index (χ0) is 15.1. The van der Waals surface area contributed by atoms with E-state index in [9.17, 15) is 8.42 Å². The highest BCUT2D eigenvalue weighted by Crippen LogP contribution is 2.20. The summed E-state index contributed by atoms with van der Waals surface area (Å²) in [6.45, 7) is 1.39. The molecule has 1 aromatic carbocycles. The Hall–Kier alpha value is -0.950. The molecule has 1 aromatic rings. The standard InChI is InChI=1S/C15H24N2O3S/c1-16-12-13-5-4-8-15(11-13)21(18,19)17-9-10-20-14-6-2-3-7-14/h4-5,8,11,14,16-17H,2-3,6-7,9-10,12H2,1H3. The van der Waals surface area contributed by atoms with Gasteiger partial charge in [-0.25, -0.2) is 13.1 Å². The largest absolute Gasteiger partial charge is 0.377 e. The van der Waals surface area contributed by atoms with Crippen molar-refractivity contribution in [3.05, 3.63) is 29.8 Å². The van der Waals surface area contributed by atoms with Crippen LogP contribution in [-0.2, 0) is 21.3 Å². The molecule has 21 heavy (non-hydrogen) atoms. The summed E-state index contributed by atoms with van der Waals surface area (Å²) in [5.41, 5.74) is 0.947. The van der Waals surface area contributed by atoms with Gasteiger partial charge in [0.25, 0.3) is 0 Å². The number of hydrogen-bond acceptors (Lipinski definition) is 4. The van der Waals surface area contributed by atoms with Gasteiger partial charge in [0, 0.05) is 13.1 Å². The number of sulfonamides is 1. The maximum absolute atomic E-state index is 12.2. The van der Waals surface area contributed by atoms with E-state index < -0.39 is 10.0 Å². The maximum atomic E-state index is 12.2. The zero-order valence-electron chi connectivity index (χ0n) is 12.5. The van der Waals surface area contributed by atoms with Crippen molar-refractivity contribution >= 4 is 10.0 Å². The van der Waals surface area contributed by atoms with Crippen LogP contribution in [0, 0.1) is 0 Å². The van der Waals surface area contributed by atoms with Crippen molar-refractivity contribution < 1.29 is 13.2 Å².